The number of hydrogen-bond donors (Lipinski definition) is 1. The molecule has 31 heavy (non-hydrogen) atoms. The fourth-order valence-electron chi connectivity index (χ4n) is 3.80. The number of amides is 3. The third-order valence-electron chi connectivity index (χ3n) is 5.74. The van der Waals surface area contributed by atoms with Crippen LogP contribution in [0.4, 0.5) is 4.79 Å². The molecule has 0 aromatic heterocycles. The van der Waals surface area contributed by atoms with E-state index in [-0.39, 0.29) is 11.9 Å². The smallest absolute Gasteiger partial charge is 0.390 e. The van der Waals surface area contributed by atoms with Crippen LogP contribution in [0, 0.1) is 6.92 Å². The van der Waals surface area contributed by atoms with Crippen molar-refractivity contribution in [1.29, 1.82) is 0 Å². The second-order valence-electron chi connectivity index (χ2n) is 7.69. The number of imide groups is 1. The molecule has 2 aliphatic rings. The maximum atomic E-state index is 13.0. The van der Waals surface area contributed by atoms with Crippen LogP contribution in [0.3, 0.4) is 0 Å². The monoisotopic (exact) mass is 420 g/mol. The summed E-state index contributed by atoms with van der Waals surface area (Å²) in [7, 11) is 4.79. The van der Waals surface area contributed by atoms with Crippen molar-refractivity contribution in [3.63, 3.8) is 0 Å². The maximum Gasteiger partial charge on any atom is 0.390 e. The molecule has 2 aliphatic heterocycles. The number of methoxy groups -OCH3 is 1. The minimum absolute atomic E-state index is 0.281. The number of aryl methyl sites for hydroxylation is 1. The molecule has 1 N–H and O–H groups in total. The molecule has 2 heterocycles. The first kappa shape index (κ1) is 20.6. The second-order valence-corrected chi connectivity index (χ2v) is 7.69. The van der Waals surface area contributed by atoms with Crippen molar-refractivity contribution in [2.75, 3.05) is 21.2 Å². The summed E-state index contributed by atoms with van der Waals surface area (Å²) in [4.78, 5) is 32.7. The van der Waals surface area contributed by atoms with Crippen LogP contribution in [0.1, 0.15) is 16.7 Å². The van der Waals surface area contributed by atoms with E-state index in [1.54, 1.807) is 14.2 Å². The van der Waals surface area contributed by atoms with Crippen molar-refractivity contribution in [2.24, 2.45) is 4.99 Å². The summed E-state index contributed by atoms with van der Waals surface area (Å²) < 4.78 is 7.15. The molecule has 0 saturated carbocycles. The summed E-state index contributed by atoms with van der Waals surface area (Å²) in [5, 5.41) is 3.36. The zero-order valence-electron chi connectivity index (χ0n) is 18.1. The Bertz CT molecular complexity index is 1090. The van der Waals surface area contributed by atoms with Gasteiger partial charge in [0.2, 0.25) is 11.9 Å². The molecule has 0 spiro atoms. The Morgan fingerprint density at radius 2 is 1.77 bits per heavy atom. The van der Waals surface area contributed by atoms with Crippen LogP contribution < -0.4 is 10.1 Å². The van der Waals surface area contributed by atoms with Crippen molar-refractivity contribution in [3.05, 3.63) is 65.2 Å². The molecule has 1 saturated heterocycles. The first-order chi connectivity index (χ1) is 14.9. The van der Waals surface area contributed by atoms with Gasteiger partial charge in [-0.2, -0.15) is 0 Å². The summed E-state index contributed by atoms with van der Waals surface area (Å²) in [5.74, 6) is 1.52. The molecule has 8 heteroatoms. The first-order valence-electron chi connectivity index (χ1n) is 10.1. The summed E-state index contributed by atoms with van der Waals surface area (Å²) in [6.07, 6.45) is 0. The van der Waals surface area contributed by atoms with Gasteiger partial charge in [0.15, 0.2) is 0 Å². The highest BCUT2D eigenvalue weighted by Gasteiger charge is 2.51. The average Bonchev–Trinajstić information content (AvgIpc) is 3.15. The number of urea groups is 1. The van der Waals surface area contributed by atoms with Crippen LogP contribution in [-0.4, -0.2) is 65.4 Å². The topological polar surface area (TPSA) is 77.2 Å². The van der Waals surface area contributed by atoms with Gasteiger partial charge < -0.3 is 4.74 Å². The van der Waals surface area contributed by atoms with Gasteiger partial charge in [0, 0.05) is 14.1 Å². The lowest BCUT2D eigenvalue weighted by Crippen LogP contribution is -2.61. The molecule has 1 fully saturated rings. The third-order valence-corrected chi connectivity index (χ3v) is 5.74. The van der Waals surface area contributed by atoms with Gasteiger partial charge in [-0.15, -0.1) is 0 Å². The number of fused-ring (bicyclic) bond motifs is 1. The van der Waals surface area contributed by atoms with Crippen molar-refractivity contribution in [3.8, 4) is 5.75 Å². The number of nitrogens with one attached hydrogen (secondary N) is 1. The number of guanidine groups is 1. The standard InChI is InChI=1S/C23H25N5O3/c1-15-7-5-6-8-17(15)14-28-19-20(26(2)23(30)27(3)21(19)29)25-22(28)24-13-16-9-11-18(31-4)12-10-16/h5-12,19H,13-14H2,1-4H3/p+1. The lowest BCUT2D eigenvalue weighted by atomic mass is 10.1. The Labute approximate surface area is 181 Å². The average molecular weight is 420 g/mol. The largest absolute Gasteiger partial charge is 0.497 e. The number of likely N-dealkylation sites (N-methyl/N-ethyl adjacent to an activating group) is 2. The molecule has 8 nitrogen and oxygen atoms in total. The van der Waals surface area contributed by atoms with Gasteiger partial charge in [0.25, 0.3) is 5.91 Å². The number of aliphatic imine (C=N–C) groups is 1. The van der Waals surface area contributed by atoms with E-state index < -0.39 is 6.04 Å². The van der Waals surface area contributed by atoms with Crippen LogP contribution in [-0.2, 0) is 17.9 Å². The zero-order valence-corrected chi connectivity index (χ0v) is 18.1. The molecule has 0 bridgehead atoms. The summed E-state index contributed by atoms with van der Waals surface area (Å²) >= 11 is 0. The Kier molecular flexibility index (Phi) is 5.46. The molecule has 160 valence electrons. The van der Waals surface area contributed by atoms with Gasteiger partial charge in [-0.05, 0) is 35.7 Å². The summed E-state index contributed by atoms with van der Waals surface area (Å²) in [6.45, 7) is 3.06. The molecular formula is C23H26N5O3+. The van der Waals surface area contributed by atoms with Crippen LogP contribution in [0.2, 0.25) is 0 Å². The van der Waals surface area contributed by atoms with Crippen molar-refractivity contribution >= 4 is 23.7 Å². The van der Waals surface area contributed by atoms with Gasteiger partial charge in [0.1, 0.15) is 5.75 Å². The van der Waals surface area contributed by atoms with E-state index in [1.165, 1.54) is 11.9 Å². The van der Waals surface area contributed by atoms with E-state index in [0.717, 1.165) is 27.3 Å². The fourth-order valence-corrected chi connectivity index (χ4v) is 3.80. The molecule has 4 rings (SSSR count). The highest BCUT2D eigenvalue weighted by atomic mass is 16.5. The molecule has 0 radical (unpaired) electrons. The van der Waals surface area contributed by atoms with E-state index in [4.69, 9.17) is 4.74 Å². The number of amidine groups is 1. The molecule has 0 aliphatic carbocycles. The number of hydrogen-bond acceptors (Lipinski definition) is 5. The lowest BCUT2D eigenvalue weighted by Gasteiger charge is -2.31. The van der Waals surface area contributed by atoms with E-state index in [0.29, 0.717) is 24.9 Å². The number of carbonyl (C=O) groups is 2. The van der Waals surface area contributed by atoms with Gasteiger partial charge in [-0.3, -0.25) is 19.9 Å². The number of carbonyl (C=O) groups excluding carboxylic acids is 2. The second kappa shape index (κ2) is 8.22. The van der Waals surface area contributed by atoms with Crippen molar-refractivity contribution in [1.82, 2.24) is 15.1 Å². The van der Waals surface area contributed by atoms with Crippen molar-refractivity contribution < 1.29 is 18.9 Å². The normalized spacial score (nSPS) is 18.3. The first-order valence-corrected chi connectivity index (χ1v) is 10.1. The van der Waals surface area contributed by atoms with Gasteiger partial charge in [-0.1, -0.05) is 41.4 Å². The Morgan fingerprint density at radius 1 is 1.06 bits per heavy atom. The van der Waals surface area contributed by atoms with Gasteiger partial charge in [0.05, 0.1) is 20.2 Å². The van der Waals surface area contributed by atoms with Gasteiger partial charge in [-0.25, -0.2) is 9.37 Å². The Balaban J connectivity index is 1.68. The van der Waals surface area contributed by atoms with Crippen LogP contribution >= 0.6 is 0 Å². The van der Waals surface area contributed by atoms with E-state index in [9.17, 15) is 9.59 Å². The van der Waals surface area contributed by atoms with Crippen LogP contribution in [0.15, 0.2) is 53.5 Å². The Hall–Kier alpha value is -3.68. The molecule has 1 atom stereocenters. The highest BCUT2D eigenvalue weighted by molar-refractivity contribution is 6.22. The minimum atomic E-state index is -0.648. The fraction of sp³-hybridized carbons (Fsp3) is 0.304. The number of rotatable bonds is 5. The van der Waals surface area contributed by atoms with Crippen LogP contribution in [0.5, 0.6) is 5.75 Å². The lowest BCUT2D eigenvalue weighted by molar-refractivity contribution is -0.553. The predicted molar refractivity (Wildman–Crippen MR) is 117 cm³/mol. The summed E-state index contributed by atoms with van der Waals surface area (Å²) in [5.41, 5.74) is 3.27. The number of nitrogens with zero attached hydrogens (tertiary/aromatic N) is 4. The molecule has 2 aromatic carbocycles. The molecule has 1 unspecified atom stereocenters. The third kappa shape index (κ3) is 3.76. The van der Waals surface area contributed by atoms with Crippen molar-refractivity contribution in [2.45, 2.75) is 26.1 Å². The van der Waals surface area contributed by atoms with E-state index >= 15 is 0 Å². The molecule has 2 aromatic rings. The molecule has 3 amide bonds. The van der Waals surface area contributed by atoms with Crippen LogP contribution in [0.25, 0.3) is 0 Å². The highest BCUT2D eigenvalue weighted by Crippen LogP contribution is 2.21. The number of ether oxygens (including phenoxy) is 1. The van der Waals surface area contributed by atoms with E-state index in [1.807, 2.05) is 60.0 Å². The number of benzene rings is 2. The predicted octanol–water partition coefficient (Wildman–Crippen LogP) is 1.97. The maximum absolute atomic E-state index is 13.0. The summed E-state index contributed by atoms with van der Waals surface area (Å²) in [6, 6.07) is 14.8. The zero-order chi connectivity index (χ0) is 22.1. The minimum Gasteiger partial charge on any atom is -0.497 e. The molecular weight excluding hydrogens is 394 g/mol. The van der Waals surface area contributed by atoms with E-state index in [2.05, 4.69) is 10.3 Å². The van der Waals surface area contributed by atoms with Gasteiger partial charge >= 0.3 is 12.0 Å². The quantitative estimate of drug-likeness (QED) is 0.751. The Morgan fingerprint density at radius 3 is 2.45 bits per heavy atom. The SMILES string of the molecule is COc1ccc(CNC2=[N+](Cc3ccccc3C)C3C(=O)N(C)C(=O)N(C)C3=N2)cc1.